The number of hydrogen-bond donors (Lipinski definition) is 1. The molecule has 0 bridgehead atoms. The molecule has 168 valence electrons. The molecule has 6 nitrogen and oxygen atoms in total. The van der Waals surface area contributed by atoms with E-state index in [9.17, 15) is 4.79 Å². The summed E-state index contributed by atoms with van der Waals surface area (Å²) < 4.78 is 17.5. The van der Waals surface area contributed by atoms with Gasteiger partial charge in [-0.25, -0.2) is 0 Å². The van der Waals surface area contributed by atoms with Gasteiger partial charge in [-0.2, -0.15) is 0 Å². The summed E-state index contributed by atoms with van der Waals surface area (Å²) in [5.41, 5.74) is 2.04. The molecule has 0 atom stereocenters. The first-order valence-electron chi connectivity index (χ1n) is 10.9. The minimum absolute atomic E-state index is 0.158. The fourth-order valence-corrected chi connectivity index (χ4v) is 3.34. The molecule has 0 saturated heterocycles. The Kier molecular flexibility index (Phi) is 7.05. The summed E-state index contributed by atoms with van der Waals surface area (Å²) in [7, 11) is 1.62. The van der Waals surface area contributed by atoms with Crippen molar-refractivity contribution >= 4 is 22.5 Å². The summed E-state index contributed by atoms with van der Waals surface area (Å²) in [6.07, 6.45) is 3.71. The molecule has 1 heterocycles. The maximum atomic E-state index is 12.3. The summed E-state index contributed by atoms with van der Waals surface area (Å²) in [5, 5.41) is 3.71. The summed E-state index contributed by atoms with van der Waals surface area (Å²) in [6.45, 7) is 2.74. The lowest BCUT2D eigenvalue weighted by Gasteiger charge is -2.14. The van der Waals surface area contributed by atoms with Crippen molar-refractivity contribution in [2.24, 2.45) is 0 Å². The maximum absolute atomic E-state index is 12.3. The van der Waals surface area contributed by atoms with Crippen LogP contribution in [0.2, 0.25) is 0 Å². The third-order valence-corrected chi connectivity index (χ3v) is 5.12. The van der Waals surface area contributed by atoms with Crippen LogP contribution in [0.1, 0.15) is 30.1 Å². The van der Waals surface area contributed by atoms with Gasteiger partial charge in [-0.3, -0.25) is 9.78 Å². The molecule has 1 N–H and O–H groups in total. The van der Waals surface area contributed by atoms with Crippen molar-refractivity contribution in [1.82, 2.24) is 4.98 Å². The van der Waals surface area contributed by atoms with Crippen LogP contribution in [0.15, 0.2) is 79.0 Å². The fraction of sp³-hybridized carbons (Fsp3) is 0.185. The van der Waals surface area contributed by atoms with E-state index in [1.54, 1.807) is 25.4 Å². The van der Waals surface area contributed by atoms with Gasteiger partial charge in [0.2, 0.25) is 0 Å². The average molecular weight is 443 g/mol. The topological polar surface area (TPSA) is 69.7 Å². The first-order chi connectivity index (χ1) is 16.2. The number of nitrogens with zero attached hydrogens (tertiary/aromatic N) is 1. The van der Waals surface area contributed by atoms with Crippen LogP contribution in [0.3, 0.4) is 0 Å². The number of hydrogen-bond acceptors (Lipinski definition) is 5. The predicted octanol–water partition coefficient (Wildman–Crippen LogP) is 6.47. The van der Waals surface area contributed by atoms with Crippen LogP contribution < -0.4 is 19.5 Å². The summed E-state index contributed by atoms with van der Waals surface area (Å²) in [6, 6.07) is 21.9. The number of nitrogens with one attached hydrogen (secondary N) is 1. The second kappa shape index (κ2) is 10.5. The number of carbonyl (C=O) groups excluding carboxylic acids is 1. The maximum Gasteiger partial charge on any atom is 0.255 e. The molecule has 4 aromatic rings. The zero-order valence-corrected chi connectivity index (χ0v) is 18.7. The number of methoxy groups -OCH3 is 1. The number of pyridine rings is 1. The van der Waals surface area contributed by atoms with Crippen molar-refractivity contribution in [2.45, 2.75) is 19.8 Å². The Morgan fingerprint density at radius 3 is 2.45 bits per heavy atom. The number of carbonyl (C=O) groups is 1. The number of aromatic nitrogens is 1. The second-order valence-corrected chi connectivity index (χ2v) is 7.48. The van der Waals surface area contributed by atoms with Crippen molar-refractivity contribution < 1.29 is 19.0 Å². The minimum atomic E-state index is -0.158. The number of benzene rings is 3. The number of anilines is 1. The van der Waals surface area contributed by atoms with Crippen LogP contribution in [-0.2, 0) is 0 Å². The quantitative estimate of drug-likeness (QED) is 0.301. The van der Waals surface area contributed by atoms with Crippen molar-refractivity contribution in [2.75, 3.05) is 19.0 Å². The molecule has 33 heavy (non-hydrogen) atoms. The van der Waals surface area contributed by atoms with E-state index in [0.29, 0.717) is 40.9 Å². The number of unbranched alkanes of at least 4 members (excludes halogenated alkanes) is 1. The van der Waals surface area contributed by atoms with E-state index in [-0.39, 0.29) is 5.91 Å². The summed E-state index contributed by atoms with van der Waals surface area (Å²) >= 11 is 0. The minimum Gasteiger partial charge on any atom is -0.493 e. The lowest BCUT2D eigenvalue weighted by molar-refractivity contribution is 0.102. The zero-order valence-electron chi connectivity index (χ0n) is 18.7. The second-order valence-electron chi connectivity index (χ2n) is 7.48. The largest absolute Gasteiger partial charge is 0.493 e. The molecule has 0 unspecified atom stereocenters. The van der Waals surface area contributed by atoms with Crippen LogP contribution >= 0.6 is 0 Å². The van der Waals surface area contributed by atoms with Crippen molar-refractivity contribution in [3.8, 4) is 23.0 Å². The van der Waals surface area contributed by atoms with Gasteiger partial charge in [0, 0.05) is 28.9 Å². The van der Waals surface area contributed by atoms with Crippen LogP contribution in [0, 0.1) is 0 Å². The Morgan fingerprint density at radius 1 is 0.939 bits per heavy atom. The van der Waals surface area contributed by atoms with Crippen LogP contribution in [0.5, 0.6) is 23.0 Å². The Labute approximate surface area is 193 Å². The first kappa shape index (κ1) is 22.1. The predicted molar refractivity (Wildman–Crippen MR) is 130 cm³/mol. The van der Waals surface area contributed by atoms with Gasteiger partial charge in [0.05, 0.1) is 19.2 Å². The first-order valence-corrected chi connectivity index (χ1v) is 10.9. The normalized spacial score (nSPS) is 10.6. The van der Waals surface area contributed by atoms with Gasteiger partial charge in [-0.1, -0.05) is 31.5 Å². The molecule has 1 aromatic heterocycles. The standard InChI is InChI=1S/C27H26N2O4/c1-3-4-16-32-26-17-22-23(18-25(26)31-2)28-15-14-24(22)33-21-12-10-20(11-13-21)29-27(30)19-8-6-5-7-9-19/h5-15,17-18H,3-4,16H2,1-2H3,(H,29,30). The van der Waals surface area contributed by atoms with Gasteiger partial charge in [0.1, 0.15) is 11.5 Å². The van der Waals surface area contributed by atoms with Crippen molar-refractivity contribution in [3.63, 3.8) is 0 Å². The van der Waals surface area contributed by atoms with E-state index in [1.807, 2.05) is 60.7 Å². The SMILES string of the molecule is CCCCOc1cc2c(Oc3ccc(NC(=O)c4ccccc4)cc3)ccnc2cc1OC. The van der Waals surface area contributed by atoms with Crippen LogP contribution in [-0.4, -0.2) is 24.6 Å². The molecule has 0 aliphatic rings. The van der Waals surface area contributed by atoms with Crippen molar-refractivity contribution in [1.29, 1.82) is 0 Å². The third-order valence-electron chi connectivity index (χ3n) is 5.12. The highest BCUT2D eigenvalue weighted by Crippen LogP contribution is 2.37. The molecule has 0 spiro atoms. The van der Waals surface area contributed by atoms with Gasteiger partial charge < -0.3 is 19.5 Å². The van der Waals surface area contributed by atoms with E-state index in [1.165, 1.54) is 0 Å². The Bertz CT molecular complexity index is 1220. The average Bonchev–Trinajstić information content (AvgIpc) is 2.86. The van der Waals surface area contributed by atoms with E-state index in [4.69, 9.17) is 14.2 Å². The third kappa shape index (κ3) is 5.41. The molecular weight excluding hydrogens is 416 g/mol. The molecule has 0 aliphatic heterocycles. The monoisotopic (exact) mass is 442 g/mol. The fourth-order valence-electron chi connectivity index (χ4n) is 3.34. The summed E-state index contributed by atoms with van der Waals surface area (Å²) in [5.74, 6) is 2.44. The van der Waals surface area contributed by atoms with E-state index >= 15 is 0 Å². The van der Waals surface area contributed by atoms with E-state index in [2.05, 4.69) is 17.2 Å². The molecule has 6 heteroatoms. The molecule has 0 aliphatic carbocycles. The van der Waals surface area contributed by atoms with Gasteiger partial charge in [-0.15, -0.1) is 0 Å². The lowest BCUT2D eigenvalue weighted by atomic mass is 10.1. The molecule has 0 radical (unpaired) electrons. The Morgan fingerprint density at radius 2 is 1.73 bits per heavy atom. The molecular formula is C27H26N2O4. The van der Waals surface area contributed by atoms with Gasteiger partial charge in [0.15, 0.2) is 11.5 Å². The lowest BCUT2D eigenvalue weighted by Crippen LogP contribution is -2.11. The van der Waals surface area contributed by atoms with Crippen LogP contribution in [0.25, 0.3) is 10.9 Å². The number of ether oxygens (including phenoxy) is 3. The van der Waals surface area contributed by atoms with Gasteiger partial charge in [0.25, 0.3) is 5.91 Å². The number of fused-ring (bicyclic) bond motifs is 1. The van der Waals surface area contributed by atoms with E-state index < -0.39 is 0 Å². The molecule has 3 aromatic carbocycles. The van der Waals surface area contributed by atoms with Gasteiger partial charge in [-0.05, 0) is 55.0 Å². The highest BCUT2D eigenvalue weighted by atomic mass is 16.5. The molecule has 1 amide bonds. The number of rotatable bonds is 9. The highest BCUT2D eigenvalue weighted by Gasteiger charge is 2.12. The molecule has 0 fully saturated rings. The highest BCUT2D eigenvalue weighted by molar-refractivity contribution is 6.04. The van der Waals surface area contributed by atoms with E-state index in [0.717, 1.165) is 23.7 Å². The Hall–Kier alpha value is -4.06. The smallest absolute Gasteiger partial charge is 0.255 e. The number of amides is 1. The molecule has 0 saturated carbocycles. The molecule has 4 rings (SSSR count). The van der Waals surface area contributed by atoms with Crippen LogP contribution in [0.4, 0.5) is 5.69 Å². The Balaban J connectivity index is 1.53. The van der Waals surface area contributed by atoms with Gasteiger partial charge >= 0.3 is 0 Å². The van der Waals surface area contributed by atoms with Crippen molar-refractivity contribution in [3.05, 3.63) is 84.6 Å². The summed E-state index contributed by atoms with van der Waals surface area (Å²) in [4.78, 5) is 16.8. The zero-order chi connectivity index (χ0) is 23.0.